The van der Waals surface area contributed by atoms with Crippen molar-refractivity contribution in [3.8, 4) is 11.1 Å². The van der Waals surface area contributed by atoms with E-state index in [1.165, 1.54) is 0 Å². The highest BCUT2D eigenvalue weighted by Gasteiger charge is 2.44. The monoisotopic (exact) mass is 478 g/mol. The van der Waals surface area contributed by atoms with E-state index >= 15 is 0 Å². The third kappa shape index (κ3) is 4.75. The van der Waals surface area contributed by atoms with Crippen molar-refractivity contribution in [2.45, 2.75) is 62.8 Å². The molecule has 184 valence electrons. The maximum atomic E-state index is 12.9. The number of carboxylic acids is 1. The largest absolute Gasteiger partial charge is 0.481 e. The average Bonchev–Trinajstić information content (AvgIpc) is 3.55. The van der Waals surface area contributed by atoms with Crippen LogP contribution in [0.15, 0.2) is 48.5 Å². The van der Waals surface area contributed by atoms with Gasteiger partial charge in [0.25, 0.3) is 0 Å². The SMILES string of the molecule is CC(NC(=O)C(CC(=O)O)NC(=O)OCC1c2ccccc2-c2ccccc21)C1CC2CCC1O2. The van der Waals surface area contributed by atoms with Crippen LogP contribution in [0.25, 0.3) is 11.1 Å². The first-order valence-electron chi connectivity index (χ1n) is 12.2. The van der Waals surface area contributed by atoms with Crippen LogP contribution in [0.3, 0.4) is 0 Å². The van der Waals surface area contributed by atoms with E-state index in [9.17, 15) is 19.5 Å². The van der Waals surface area contributed by atoms with Crippen LogP contribution in [-0.4, -0.2) is 54.0 Å². The molecule has 3 aliphatic rings. The highest BCUT2D eigenvalue weighted by Crippen LogP contribution is 2.44. The Balaban J connectivity index is 1.21. The third-order valence-electron chi connectivity index (χ3n) is 7.50. The summed E-state index contributed by atoms with van der Waals surface area (Å²) < 4.78 is 11.4. The molecule has 8 nitrogen and oxygen atoms in total. The minimum atomic E-state index is -1.23. The second kappa shape index (κ2) is 9.70. The van der Waals surface area contributed by atoms with Gasteiger partial charge in [-0.05, 0) is 48.4 Å². The normalized spacial score (nSPS) is 23.7. The minimum Gasteiger partial charge on any atom is -0.481 e. The minimum absolute atomic E-state index is 0.0835. The maximum Gasteiger partial charge on any atom is 0.407 e. The molecular formula is C27H30N2O6. The molecule has 5 atom stereocenters. The lowest BCUT2D eigenvalue weighted by Crippen LogP contribution is -2.52. The fourth-order valence-electron chi connectivity index (χ4n) is 5.80. The van der Waals surface area contributed by atoms with Gasteiger partial charge >= 0.3 is 12.1 Å². The topological polar surface area (TPSA) is 114 Å². The Morgan fingerprint density at radius 3 is 2.26 bits per heavy atom. The van der Waals surface area contributed by atoms with Crippen LogP contribution in [0.1, 0.15) is 49.7 Å². The molecule has 0 spiro atoms. The van der Waals surface area contributed by atoms with Gasteiger partial charge in [0.05, 0.1) is 18.6 Å². The number of amides is 2. The zero-order chi connectivity index (χ0) is 24.5. The molecule has 2 aromatic rings. The fraction of sp³-hybridized carbons (Fsp3) is 0.444. The van der Waals surface area contributed by atoms with Gasteiger partial charge in [-0.1, -0.05) is 48.5 Å². The molecule has 2 amide bonds. The highest BCUT2D eigenvalue weighted by atomic mass is 16.5. The van der Waals surface area contributed by atoms with Gasteiger partial charge in [-0.2, -0.15) is 0 Å². The molecule has 0 aromatic heterocycles. The molecule has 5 rings (SSSR count). The molecule has 2 bridgehead atoms. The summed E-state index contributed by atoms with van der Waals surface area (Å²) in [5.74, 6) is -1.65. The van der Waals surface area contributed by atoms with Crippen LogP contribution in [0.2, 0.25) is 0 Å². The average molecular weight is 479 g/mol. The molecule has 35 heavy (non-hydrogen) atoms. The van der Waals surface area contributed by atoms with E-state index in [0.717, 1.165) is 41.5 Å². The van der Waals surface area contributed by atoms with Gasteiger partial charge < -0.3 is 25.2 Å². The molecule has 0 saturated carbocycles. The first-order chi connectivity index (χ1) is 16.9. The Morgan fingerprint density at radius 1 is 1.03 bits per heavy atom. The summed E-state index contributed by atoms with van der Waals surface area (Å²) in [6.07, 6.45) is 1.94. The molecule has 2 aliphatic heterocycles. The number of hydrogen-bond acceptors (Lipinski definition) is 5. The van der Waals surface area contributed by atoms with Crippen LogP contribution >= 0.6 is 0 Å². The second-order valence-electron chi connectivity index (χ2n) is 9.69. The number of nitrogens with one attached hydrogen (secondary N) is 2. The van der Waals surface area contributed by atoms with Gasteiger partial charge in [-0.3, -0.25) is 9.59 Å². The van der Waals surface area contributed by atoms with Gasteiger partial charge in [-0.15, -0.1) is 0 Å². The molecular weight excluding hydrogens is 448 g/mol. The van der Waals surface area contributed by atoms with Crippen LogP contribution in [-0.2, 0) is 19.1 Å². The predicted molar refractivity (Wildman–Crippen MR) is 128 cm³/mol. The number of alkyl carbamates (subject to hydrolysis) is 1. The molecule has 3 N–H and O–H groups in total. The molecule has 8 heteroatoms. The zero-order valence-electron chi connectivity index (χ0n) is 19.6. The summed E-state index contributed by atoms with van der Waals surface area (Å²) in [5.41, 5.74) is 4.36. The summed E-state index contributed by atoms with van der Waals surface area (Å²) in [5, 5.41) is 14.7. The standard InChI is InChI=1S/C27H30N2O6/c1-15(21-12-16-10-11-24(21)35-16)28-26(32)23(13-25(30)31)29-27(33)34-14-22-19-8-4-2-6-17(19)18-7-3-5-9-20(18)22/h2-9,15-16,21-24H,10-14H2,1H3,(H,28,32)(H,29,33)(H,30,31). The van der Waals surface area contributed by atoms with Gasteiger partial charge in [0.15, 0.2) is 0 Å². The Hall–Kier alpha value is -3.39. The summed E-state index contributed by atoms with van der Waals surface area (Å²) in [6, 6.07) is 14.6. The quantitative estimate of drug-likeness (QED) is 0.536. The van der Waals surface area contributed by atoms with Crippen molar-refractivity contribution < 1.29 is 29.0 Å². The number of carbonyl (C=O) groups is 3. The lowest BCUT2D eigenvalue weighted by molar-refractivity contribution is -0.140. The van der Waals surface area contributed by atoms with Crippen LogP contribution < -0.4 is 10.6 Å². The summed E-state index contributed by atoms with van der Waals surface area (Å²) in [6.45, 7) is 1.98. The maximum absolute atomic E-state index is 12.9. The van der Waals surface area contributed by atoms with Crippen LogP contribution in [0.4, 0.5) is 4.79 Å². The molecule has 2 heterocycles. The van der Waals surface area contributed by atoms with E-state index in [2.05, 4.69) is 10.6 Å². The van der Waals surface area contributed by atoms with Crippen molar-refractivity contribution in [2.75, 3.05) is 6.61 Å². The molecule has 1 aliphatic carbocycles. The number of ether oxygens (including phenoxy) is 2. The van der Waals surface area contributed by atoms with Gasteiger partial charge in [-0.25, -0.2) is 4.79 Å². The Bertz CT molecular complexity index is 1090. The fourth-order valence-corrected chi connectivity index (χ4v) is 5.80. The van der Waals surface area contributed by atoms with E-state index in [-0.39, 0.29) is 36.7 Å². The van der Waals surface area contributed by atoms with Crippen molar-refractivity contribution in [3.05, 3.63) is 59.7 Å². The lowest BCUT2D eigenvalue weighted by atomic mass is 9.84. The smallest absolute Gasteiger partial charge is 0.407 e. The number of benzene rings is 2. The Kier molecular flexibility index (Phi) is 6.47. The van der Waals surface area contributed by atoms with Crippen molar-refractivity contribution in [1.82, 2.24) is 10.6 Å². The number of fused-ring (bicyclic) bond motifs is 5. The first kappa shape index (κ1) is 23.4. The molecule has 0 radical (unpaired) electrons. The number of hydrogen-bond donors (Lipinski definition) is 3. The number of aliphatic carboxylic acids is 1. The van der Waals surface area contributed by atoms with E-state index in [4.69, 9.17) is 9.47 Å². The van der Waals surface area contributed by atoms with Gasteiger partial charge in [0.1, 0.15) is 12.6 Å². The van der Waals surface area contributed by atoms with Crippen molar-refractivity contribution >= 4 is 18.0 Å². The van der Waals surface area contributed by atoms with E-state index in [0.29, 0.717) is 0 Å². The van der Waals surface area contributed by atoms with Gasteiger partial charge in [0, 0.05) is 17.9 Å². The zero-order valence-corrected chi connectivity index (χ0v) is 19.6. The highest BCUT2D eigenvalue weighted by molar-refractivity contribution is 5.89. The Labute approximate surface area is 204 Å². The predicted octanol–water partition coefficient (Wildman–Crippen LogP) is 3.44. The summed E-state index contributed by atoms with van der Waals surface area (Å²) >= 11 is 0. The van der Waals surface area contributed by atoms with E-state index in [1.54, 1.807) is 0 Å². The first-order valence-corrected chi connectivity index (χ1v) is 12.2. The summed E-state index contributed by atoms with van der Waals surface area (Å²) in [7, 11) is 0. The third-order valence-corrected chi connectivity index (χ3v) is 7.50. The lowest BCUT2D eigenvalue weighted by Gasteiger charge is -2.28. The van der Waals surface area contributed by atoms with Crippen molar-refractivity contribution in [3.63, 3.8) is 0 Å². The van der Waals surface area contributed by atoms with Crippen LogP contribution in [0.5, 0.6) is 0 Å². The summed E-state index contributed by atoms with van der Waals surface area (Å²) in [4.78, 5) is 36.9. The second-order valence-corrected chi connectivity index (χ2v) is 9.69. The Morgan fingerprint density at radius 2 is 1.69 bits per heavy atom. The van der Waals surface area contributed by atoms with Crippen LogP contribution in [0, 0.1) is 5.92 Å². The molecule has 5 unspecified atom stereocenters. The van der Waals surface area contributed by atoms with Crippen molar-refractivity contribution in [2.24, 2.45) is 5.92 Å². The van der Waals surface area contributed by atoms with E-state index in [1.807, 2.05) is 55.5 Å². The van der Waals surface area contributed by atoms with Gasteiger partial charge in [0.2, 0.25) is 5.91 Å². The molecule has 2 aromatic carbocycles. The van der Waals surface area contributed by atoms with E-state index < -0.39 is 30.4 Å². The number of carbonyl (C=O) groups excluding carboxylic acids is 2. The molecule has 2 fully saturated rings. The van der Waals surface area contributed by atoms with Crippen molar-refractivity contribution in [1.29, 1.82) is 0 Å². The molecule has 2 saturated heterocycles. The number of carboxylic acid groups (broad SMARTS) is 1. The number of rotatable bonds is 8.